The predicted octanol–water partition coefficient (Wildman–Crippen LogP) is 4.88. The van der Waals surface area contributed by atoms with Crippen LogP contribution in [0, 0.1) is 6.92 Å². The molecule has 0 saturated heterocycles. The number of rotatable bonds is 6. The molecule has 0 saturated carbocycles. The van der Waals surface area contributed by atoms with Gasteiger partial charge in [0.15, 0.2) is 0 Å². The Morgan fingerprint density at radius 3 is 2.00 bits per heavy atom. The van der Waals surface area contributed by atoms with Gasteiger partial charge in [-0.3, -0.25) is 10.6 Å². The Morgan fingerprint density at radius 2 is 1.38 bits per heavy atom. The largest absolute Gasteiger partial charge is 0.450 e. The highest BCUT2D eigenvalue weighted by Crippen LogP contribution is 2.29. The molecule has 0 unspecified atom stereocenters. The summed E-state index contributed by atoms with van der Waals surface area (Å²) in [6.07, 6.45) is -1.14. The number of carbonyl (C=O) groups excluding carboxylic acids is 2. The number of anilines is 4. The Morgan fingerprint density at radius 1 is 0.808 bits per heavy atom. The minimum Gasteiger partial charge on any atom is -0.450 e. The zero-order valence-corrected chi connectivity index (χ0v) is 15.1. The van der Waals surface area contributed by atoms with Gasteiger partial charge in [0.1, 0.15) is 0 Å². The predicted molar refractivity (Wildman–Crippen MR) is 102 cm³/mol. The molecule has 2 amide bonds. The summed E-state index contributed by atoms with van der Waals surface area (Å²) in [5.74, 6) is 0. The second kappa shape index (κ2) is 9.31. The zero-order chi connectivity index (χ0) is 18.9. The zero-order valence-electron chi connectivity index (χ0n) is 15.1. The average molecular weight is 357 g/mol. The molecule has 3 N–H and O–H groups in total. The van der Waals surface area contributed by atoms with E-state index in [1.54, 1.807) is 32.0 Å². The van der Waals surface area contributed by atoms with E-state index >= 15 is 0 Å². The fourth-order valence-corrected chi connectivity index (χ4v) is 2.19. The summed E-state index contributed by atoms with van der Waals surface area (Å²) in [6, 6.07) is 12.9. The first-order chi connectivity index (χ1) is 12.5. The number of nitrogens with one attached hydrogen (secondary N) is 3. The van der Waals surface area contributed by atoms with Gasteiger partial charge in [0.05, 0.1) is 24.6 Å². The van der Waals surface area contributed by atoms with E-state index in [2.05, 4.69) is 16.0 Å². The third kappa shape index (κ3) is 5.70. The minimum atomic E-state index is -0.576. The van der Waals surface area contributed by atoms with E-state index in [4.69, 9.17) is 9.47 Å². The van der Waals surface area contributed by atoms with E-state index in [9.17, 15) is 9.59 Å². The third-order valence-corrected chi connectivity index (χ3v) is 3.38. The number of carbonyl (C=O) groups is 2. The van der Waals surface area contributed by atoms with E-state index in [-0.39, 0.29) is 13.2 Å². The topological polar surface area (TPSA) is 88.7 Å². The first-order valence-corrected chi connectivity index (χ1v) is 8.37. The maximum atomic E-state index is 11.8. The molecule has 2 rings (SSSR count). The Hall–Kier alpha value is -3.22. The van der Waals surface area contributed by atoms with Gasteiger partial charge in [0.2, 0.25) is 0 Å². The van der Waals surface area contributed by atoms with Crippen LogP contribution in [0.5, 0.6) is 0 Å². The van der Waals surface area contributed by atoms with Gasteiger partial charge in [-0.2, -0.15) is 0 Å². The highest BCUT2D eigenvalue weighted by Gasteiger charge is 2.11. The molecule has 0 aromatic heterocycles. The Balaban J connectivity index is 2.25. The van der Waals surface area contributed by atoms with Crippen LogP contribution in [0.15, 0.2) is 42.5 Å². The van der Waals surface area contributed by atoms with Gasteiger partial charge in [-0.25, -0.2) is 9.59 Å². The fraction of sp³-hybridized carbons (Fsp3) is 0.263. The summed E-state index contributed by atoms with van der Waals surface area (Å²) in [7, 11) is 0. The second-order valence-electron chi connectivity index (χ2n) is 5.44. The van der Waals surface area contributed by atoms with Crippen LogP contribution >= 0.6 is 0 Å². The summed E-state index contributed by atoms with van der Waals surface area (Å²) in [6.45, 7) is 5.99. The van der Waals surface area contributed by atoms with Gasteiger partial charge in [0.25, 0.3) is 0 Å². The number of hydrogen-bond donors (Lipinski definition) is 3. The van der Waals surface area contributed by atoms with E-state index in [0.717, 1.165) is 11.3 Å². The molecular formula is C19H23N3O4. The van der Waals surface area contributed by atoms with Crippen molar-refractivity contribution in [3.63, 3.8) is 0 Å². The quantitative estimate of drug-likeness (QED) is 0.686. The molecule has 0 heterocycles. The number of aryl methyl sites for hydroxylation is 1. The van der Waals surface area contributed by atoms with E-state index in [1.807, 2.05) is 31.2 Å². The molecular weight excluding hydrogens is 334 g/mol. The maximum absolute atomic E-state index is 11.8. The van der Waals surface area contributed by atoms with Crippen molar-refractivity contribution in [3.05, 3.63) is 48.0 Å². The van der Waals surface area contributed by atoms with Gasteiger partial charge in [0, 0.05) is 11.4 Å². The molecule has 0 aliphatic rings. The summed E-state index contributed by atoms with van der Waals surface area (Å²) in [5, 5.41) is 8.52. The van der Waals surface area contributed by atoms with Gasteiger partial charge in [-0.15, -0.1) is 0 Å². The molecule has 138 valence electrons. The average Bonchev–Trinajstić information content (AvgIpc) is 2.59. The van der Waals surface area contributed by atoms with Crippen molar-refractivity contribution in [1.29, 1.82) is 0 Å². The number of ether oxygens (including phenoxy) is 2. The lowest BCUT2D eigenvalue weighted by atomic mass is 10.2. The number of amides is 2. The van der Waals surface area contributed by atoms with Crippen LogP contribution in [0.4, 0.5) is 32.3 Å². The van der Waals surface area contributed by atoms with E-state index in [0.29, 0.717) is 17.1 Å². The van der Waals surface area contributed by atoms with Gasteiger partial charge < -0.3 is 14.8 Å². The first kappa shape index (κ1) is 19.1. The van der Waals surface area contributed by atoms with Crippen molar-refractivity contribution >= 4 is 34.9 Å². The molecule has 26 heavy (non-hydrogen) atoms. The lowest BCUT2D eigenvalue weighted by Crippen LogP contribution is -2.16. The number of hydrogen-bond acceptors (Lipinski definition) is 5. The monoisotopic (exact) mass is 357 g/mol. The molecule has 7 nitrogen and oxygen atoms in total. The minimum absolute atomic E-state index is 0.257. The van der Waals surface area contributed by atoms with Crippen molar-refractivity contribution in [3.8, 4) is 0 Å². The molecule has 2 aromatic rings. The van der Waals surface area contributed by atoms with Crippen molar-refractivity contribution in [1.82, 2.24) is 0 Å². The molecule has 0 atom stereocenters. The SMILES string of the molecule is CCOC(=O)Nc1ccc(Nc2ccc(C)cc2)c(NC(=O)OCC)c1. The summed E-state index contributed by atoms with van der Waals surface area (Å²) < 4.78 is 9.80. The second-order valence-corrected chi connectivity index (χ2v) is 5.44. The Labute approximate surface area is 152 Å². The van der Waals surface area contributed by atoms with Gasteiger partial charge >= 0.3 is 12.2 Å². The van der Waals surface area contributed by atoms with Crippen molar-refractivity contribution in [2.75, 3.05) is 29.2 Å². The summed E-state index contributed by atoms with van der Waals surface area (Å²) >= 11 is 0. The van der Waals surface area contributed by atoms with Crippen molar-refractivity contribution in [2.45, 2.75) is 20.8 Å². The third-order valence-electron chi connectivity index (χ3n) is 3.38. The smallest absolute Gasteiger partial charge is 0.411 e. The van der Waals surface area contributed by atoms with Crippen LogP contribution in [-0.2, 0) is 9.47 Å². The maximum Gasteiger partial charge on any atom is 0.411 e. The first-order valence-electron chi connectivity index (χ1n) is 8.37. The highest BCUT2D eigenvalue weighted by atomic mass is 16.6. The Bertz CT molecular complexity index is 760. The van der Waals surface area contributed by atoms with E-state index in [1.165, 1.54) is 0 Å². The lowest BCUT2D eigenvalue weighted by Gasteiger charge is -2.15. The van der Waals surface area contributed by atoms with Crippen LogP contribution < -0.4 is 16.0 Å². The van der Waals surface area contributed by atoms with Crippen LogP contribution in [-0.4, -0.2) is 25.4 Å². The summed E-state index contributed by atoms with van der Waals surface area (Å²) in [5.41, 5.74) is 3.64. The normalized spacial score (nSPS) is 9.96. The molecule has 0 fully saturated rings. The van der Waals surface area contributed by atoms with Gasteiger partial charge in [-0.1, -0.05) is 17.7 Å². The van der Waals surface area contributed by atoms with Gasteiger partial charge in [-0.05, 0) is 51.1 Å². The highest BCUT2D eigenvalue weighted by molar-refractivity contribution is 5.94. The van der Waals surface area contributed by atoms with Crippen molar-refractivity contribution in [2.24, 2.45) is 0 Å². The van der Waals surface area contributed by atoms with Crippen LogP contribution in [0.3, 0.4) is 0 Å². The summed E-state index contributed by atoms with van der Waals surface area (Å²) in [4.78, 5) is 23.4. The molecule has 0 aliphatic heterocycles. The van der Waals surface area contributed by atoms with E-state index < -0.39 is 12.2 Å². The molecule has 0 spiro atoms. The molecule has 2 aromatic carbocycles. The standard InChI is InChI=1S/C19H23N3O4/c1-4-25-18(23)21-15-10-11-16(17(12-15)22-19(24)26-5-2)20-14-8-6-13(3)7-9-14/h6-12,20H,4-5H2,1-3H3,(H,21,23)(H,22,24). The van der Waals surface area contributed by atoms with Crippen LogP contribution in [0.2, 0.25) is 0 Å². The van der Waals surface area contributed by atoms with Crippen LogP contribution in [0.1, 0.15) is 19.4 Å². The lowest BCUT2D eigenvalue weighted by molar-refractivity contribution is 0.167. The fourth-order valence-electron chi connectivity index (χ4n) is 2.19. The number of benzene rings is 2. The molecule has 0 aliphatic carbocycles. The molecule has 7 heteroatoms. The Kier molecular flexibility index (Phi) is 6.84. The van der Waals surface area contributed by atoms with Crippen LogP contribution in [0.25, 0.3) is 0 Å². The molecule has 0 bridgehead atoms. The molecule has 0 radical (unpaired) electrons. The van der Waals surface area contributed by atoms with Crippen molar-refractivity contribution < 1.29 is 19.1 Å².